The molecule has 0 aromatic carbocycles. The van der Waals surface area contributed by atoms with E-state index < -0.39 is 0 Å². The lowest BCUT2D eigenvalue weighted by molar-refractivity contribution is -0.153. The van der Waals surface area contributed by atoms with E-state index in [0.717, 1.165) is 19.3 Å². The average Bonchev–Trinajstić information content (AvgIpc) is 1.97. The quantitative estimate of drug-likeness (QED) is 0.735. The van der Waals surface area contributed by atoms with Crippen LogP contribution in [0.15, 0.2) is 0 Å². The van der Waals surface area contributed by atoms with Crippen LogP contribution in [-0.2, 0) is 9.53 Å². The molecule has 0 spiro atoms. The fourth-order valence-electron chi connectivity index (χ4n) is 2.19. The first-order valence-electron chi connectivity index (χ1n) is 6.26. The zero-order valence-electron chi connectivity index (χ0n) is 11.6. The number of carbonyl (C=O) groups excluding carboxylic acids is 1. The lowest BCUT2D eigenvalue weighted by atomic mass is 9.61. The summed E-state index contributed by atoms with van der Waals surface area (Å²) in [6, 6.07) is 0. The van der Waals surface area contributed by atoms with Crippen molar-refractivity contribution < 1.29 is 9.53 Å². The van der Waals surface area contributed by atoms with Gasteiger partial charge in [-0.05, 0) is 33.6 Å². The van der Waals surface area contributed by atoms with E-state index in [0.29, 0.717) is 12.4 Å². The van der Waals surface area contributed by atoms with Crippen molar-refractivity contribution in [2.75, 3.05) is 6.61 Å². The van der Waals surface area contributed by atoms with E-state index in [-0.39, 0.29) is 16.4 Å². The van der Waals surface area contributed by atoms with Gasteiger partial charge in [-0.15, -0.1) is 0 Å². The molecule has 2 nitrogen and oxygen atoms in total. The Morgan fingerprint density at radius 2 is 1.62 bits per heavy atom. The molecule has 0 aromatic heterocycles. The molecule has 0 saturated heterocycles. The van der Waals surface area contributed by atoms with E-state index in [9.17, 15) is 4.79 Å². The molecule has 0 heterocycles. The molecule has 1 aliphatic carbocycles. The molecular weight excluding hydrogens is 200 g/mol. The summed E-state index contributed by atoms with van der Waals surface area (Å²) in [5.41, 5.74) is -0.589. The number of hydrogen-bond donors (Lipinski definition) is 0. The normalized spacial score (nSPS) is 20.4. The van der Waals surface area contributed by atoms with Crippen LogP contribution in [-0.4, -0.2) is 18.0 Å². The zero-order chi connectivity index (χ0) is 12.6. The van der Waals surface area contributed by atoms with E-state index >= 15 is 0 Å². The van der Waals surface area contributed by atoms with Crippen LogP contribution in [0.4, 0.5) is 0 Å². The molecule has 16 heavy (non-hydrogen) atoms. The fourth-order valence-corrected chi connectivity index (χ4v) is 2.19. The van der Waals surface area contributed by atoms with Crippen LogP contribution in [0.3, 0.4) is 0 Å². The van der Waals surface area contributed by atoms with Crippen LogP contribution in [0.2, 0.25) is 0 Å². The number of rotatable bonds is 3. The van der Waals surface area contributed by atoms with Crippen molar-refractivity contribution in [3.05, 3.63) is 0 Å². The Hall–Kier alpha value is -0.370. The Labute approximate surface area is 99.8 Å². The predicted octanol–water partition coefficient (Wildman–Crippen LogP) is 3.59. The number of hydrogen-bond acceptors (Lipinski definition) is 2. The average molecular weight is 226 g/mol. The maximum absolute atomic E-state index is 12.4. The summed E-state index contributed by atoms with van der Waals surface area (Å²) < 4.78 is 5.83. The smallest absolute Gasteiger partial charge is 0.146 e. The molecule has 0 aliphatic heterocycles. The number of Topliss-reactive ketones (excluding diaryl/α,β-unsaturated/α-hetero) is 1. The minimum absolute atomic E-state index is 0.152. The summed E-state index contributed by atoms with van der Waals surface area (Å²) in [7, 11) is 0. The van der Waals surface area contributed by atoms with Gasteiger partial charge in [0.15, 0.2) is 0 Å². The summed E-state index contributed by atoms with van der Waals surface area (Å²) in [6.45, 7) is 12.7. The van der Waals surface area contributed by atoms with E-state index in [1.165, 1.54) is 0 Å². The van der Waals surface area contributed by atoms with E-state index in [4.69, 9.17) is 4.74 Å². The Morgan fingerprint density at radius 1 is 1.12 bits per heavy atom. The van der Waals surface area contributed by atoms with Crippen LogP contribution in [0.1, 0.15) is 60.8 Å². The van der Waals surface area contributed by atoms with E-state index in [2.05, 4.69) is 0 Å². The highest BCUT2D eigenvalue weighted by molar-refractivity contribution is 5.90. The van der Waals surface area contributed by atoms with Gasteiger partial charge in [-0.2, -0.15) is 0 Å². The minimum Gasteiger partial charge on any atom is -0.375 e. The monoisotopic (exact) mass is 226 g/mol. The number of ether oxygens (including phenoxy) is 1. The molecule has 94 valence electrons. The van der Waals surface area contributed by atoms with Crippen LogP contribution in [0.5, 0.6) is 0 Å². The fraction of sp³-hybridized carbons (Fsp3) is 0.929. The summed E-state index contributed by atoms with van der Waals surface area (Å²) in [6.07, 6.45) is 3.16. The van der Waals surface area contributed by atoms with Crippen molar-refractivity contribution in [2.24, 2.45) is 10.8 Å². The molecule has 0 radical (unpaired) electrons. The Kier molecular flexibility index (Phi) is 3.54. The Bertz CT molecular complexity index is 261. The van der Waals surface area contributed by atoms with Gasteiger partial charge in [0, 0.05) is 5.41 Å². The molecule has 0 amide bonds. The Morgan fingerprint density at radius 3 is 1.88 bits per heavy atom. The predicted molar refractivity (Wildman–Crippen MR) is 66.5 cm³/mol. The minimum atomic E-state index is -0.248. The van der Waals surface area contributed by atoms with E-state index in [1.54, 1.807) is 0 Å². The largest absolute Gasteiger partial charge is 0.375 e. The zero-order valence-corrected chi connectivity index (χ0v) is 11.6. The van der Waals surface area contributed by atoms with Crippen LogP contribution >= 0.6 is 0 Å². The first-order chi connectivity index (χ1) is 7.07. The van der Waals surface area contributed by atoms with Gasteiger partial charge in [-0.25, -0.2) is 0 Å². The van der Waals surface area contributed by atoms with Crippen molar-refractivity contribution in [1.29, 1.82) is 0 Å². The summed E-state index contributed by atoms with van der Waals surface area (Å²) >= 11 is 0. The molecule has 0 atom stereocenters. The first kappa shape index (κ1) is 13.7. The topological polar surface area (TPSA) is 26.3 Å². The number of ketones is 1. The third kappa shape index (κ3) is 3.07. The van der Waals surface area contributed by atoms with Gasteiger partial charge >= 0.3 is 0 Å². The van der Waals surface area contributed by atoms with Crippen LogP contribution in [0, 0.1) is 10.8 Å². The highest BCUT2D eigenvalue weighted by Gasteiger charge is 2.48. The molecule has 1 saturated carbocycles. The van der Waals surface area contributed by atoms with Crippen LogP contribution in [0.25, 0.3) is 0 Å². The summed E-state index contributed by atoms with van der Waals surface area (Å²) in [4.78, 5) is 12.4. The summed E-state index contributed by atoms with van der Waals surface area (Å²) in [5, 5.41) is 0. The molecule has 1 rings (SSSR count). The molecule has 0 unspecified atom stereocenters. The maximum atomic E-state index is 12.4. The highest BCUT2D eigenvalue weighted by Crippen LogP contribution is 2.46. The van der Waals surface area contributed by atoms with Gasteiger partial charge in [0.05, 0.1) is 17.6 Å². The lowest BCUT2D eigenvalue weighted by Gasteiger charge is -2.45. The third-order valence-electron chi connectivity index (χ3n) is 3.25. The second kappa shape index (κ2) is 4.14. The molecule has 0 bridgehead atoms. The van der Waals surface area contributed by atoms with Crippen molar-refractivity contribution >= 4 is 5.78 Å². The second-order valence-corrected chi connectivity index (χ2v) is 7.11. The third-order valence-corrected chi connectivity index (χ3v) is 3.25. The lowest BCUT2D eigenvalue weighted by Crippen LogP contribution is -2.48. The second-order valence-electron chi connectivity index (χ2n) is 7.11. The molecular formula is C14H26O2. The molecule has 0 N–H and O–H groups in total. The van der Waals surface area contributed by atoms with Gasteiger partial charge in [0.1, 0.15) is 5.78 Å². The van der Waals surface area contributed by atoms with Crippen molar-refractivity contribution in [2.45, 2.75) is 66.4 Å². The van der Waals surface area contributed by atoms with Crippen molar-refractivity contribution in [3.8, 4) is 0 Å². The maximum Gasteiger partial charge on any atom is 0.146 e. The standard InChI is InChI=1S/C14H26O2/c1-12(2,3)11(15)14(8-7-9-14)10-16-13(4,5)6/h7-10H2,1-6H3. The van der Waals surface area contributed by atoms with Gasteiger partial charge in [-0.3, -0.25) is 4.79 Å². The highest BCUT2D eigenvalue weighted by atomic mass is 16.5. The van der Waals surface area contributed by atoms with Crippen molar-refractivity contribution in [1.82, 2.24) is 0 Å². The van der Waals surface area contributed by atoms with Gasteiger partial charge in [-0.1, -0.05) is 27.2 Å². The molecule has 1 aliphatic rings. The Balaban J connectivity index is 2.68. The van der Waals surface area contributed by atoms with Crippen LogP contribution < -0.4 is 0 Å². The molecule has 0 aromatic rings. The van der Waals surface area contributed by atoms with Gasteiger partial charge in [0.25, 0.3) is 0 Å². The first-order valence-corrected chi connectivity index (χ1v) is 6.26. The van der Waals surface area contributed by atoms with Gasteiger partial charge in [0.2, 0.25) is 0 Å². The SMILES string of the molecule is CC(C)(C)OCC1(C(=O)C(C)(C)C)CCC1. The number of carbonyl (C=O) groups is 1. The summed E-state index contributed by atoms with van der Waals surface area (Å²) in [5.74, 6) is 0.371. The van der Waals surface area contributed by atoms with Gasteiger partial charge < -0.3 is 4.74 Å². The molecule has 1 fully saturated rings. The molecule has 2 heteroatoms. The van der Waals surface area contributed by atoms with E-state index in [1.807, 2.05) is 41.5 Å². The van der Waals surface area contributed by atoms with Crippen molar-refractivity contribution in [3.63, 3.8) is 0 Å².